The summed E-state index contributed by atoms with van der Waals surface area (Å²) in [6.45, 7) is 3.17. The van der Waals surface area contributed by atoms with Crippen LogP contribution in [-0.2, 0) is 0 Å². The van der Waals surface area contributed by atoms with Gasteiger partial charge in [-0.05, 0) is 6.42 Å². The van der Waals surface area contributed by atoms with E-state index in [1.54, 1.807) is 0 Å². The van der Waals surface area contributed by atoms with Crippen molar-refractivity contribution in [1.82, 2.24) is 4.34 Å². The molecule has 0 aromatic heterocycles. The molecule has 0 atom stereocenters. The van der Waals surface area contributed by atoms with E-state index >= 15 is 0 Å². The van der Waals surface area contributed by atoms with Gasteiger partial charge in [-0.1, -0.05) is 6.92 Å². The van der Waals surface area contributed by atoms with Crippen molar-refractivity contribution in [1.29, 1.82) is 0 Å². The molecular formula is C3H9BrClN. The van der Waals surface area contributed by atoms with Gasteiger partial charge in [0.15, 0.2) is 0 Å². The number of hydrogen-bond acceptors (Lipinski definition) is 1. The van der Waals surface area contributed by atoms with E-state index < -0.39 is 0 Å². The van der Waals surface area contributed by atoms with Crippen LogP contribution in [0.5, 0.6) is 0 Å². The van der Waals surface area contributed by atoms with Gasteiger partial charge in [0.05, 0.1) is 0 Å². The molecule has 1 nitrogen and oxygen atoms in total. The average molecular weight is 174 g/mol. The summed E-state index contributed by atoms with van der Waals surface area (Å²) in [4.78, 5) is 0. The molecule has 0 aliphatic carbocycles. The van der Waals surface area contributed by atoms with Crippen LogP contribution in [0.4, 0.5) is 0 Å². The topological polar surface area (TPSA) is 12.0 Å². The lowest BCUT2D eigenvalue weighted by Crippen LogP contribution is -1.95. The van der Waals surface area contributed by atoms with Gasteiger partial charge in [0.1, 0.15) is 0 Å². The van der Waals surface area contributed by atoms with Crippen LogP contribution < -0.4 is 4.34 Å². The van der Waals surface area contributed by atoms with E-state index in [0.717, 1.165) is 6.54 Å². The van der Waals surface area contributed by atoms with Crippen molar-refractivity contribution in [2.45, 2.75) is 13.3 Å². The molecular weight excluding hydrogens is 165 g/mol. The molecule has 1 N–H and O–H groups in total. The molecule has 0 saturated carbocycles. The molecule has 0 aromatic rings. The lowest BCUT2D eigenvalue weighted by atomic mass is 10.5. The van der Waals surface area contributed by atoms with Crippen molar-refractivity contribution in [3.8, 4) is 0 Å². The van der Waals surface area contributed by atoms with E-state index in [4.69, 9.17) is 0 Å². The zero-order chi connectivity index (χ0) is 4.12. The Kier molecular flexibility index (Phi) is 15.2. The van der Waals surface area contributed by atoms with Gasteiger partial charge in [0.2, 0.25) is 0 Å². The van der Waals surface area contributed by atoms with Crippen LogP contribution >= 0.6 is 28.6 Å². The molecule has 6 heavy (non-hydrogen) atoms. The summed E-state index contributed by atoms with van der Waals surface area (Å²) in [7, 11) is 0. The van der Waals surface area contributed by atoms with E-state index in [1.807, 2.05) is 0 Å². The number of hydrogen-bond donors (Lipinski definition) is 1. The third-order valence-electron chi connectivity index (χ3n) is 0.344. The first-order chi connectivity index (χ1) is 2.41. The molecule has 0 unspecified atom stereocenters. The van der Waals surface area contributed by atoms with Gasteiger partial charge < -0.3 is 0 Å². The van der Waals surface area contributed by atoms with Crippen LogP contribution in [0.2, 0.25) is 0 Å². The first-order valence-corrected chi connectivity index (χ1v) is 2.54. The summed E-state index contributed by atoms with van der Waals surface area (Å²) in [5.41, 5.74) is 0. The zero-order valence-electron chi connectivity index (χ0n) is 3.70. The Balaban J connectivity index is 0. The highest BCUT2D eigenvalue weighted by atomic mass is 79.9. The summed E-state index contributed by atoms with van der Waals surface area (Å²) in [6.07, 6.45) is 1.19. The molecule has 0 amide bonds. The van der Waals surface area contributed by atoms with Crippen molar-refractivity contribution >= 4 is 28.6 Å². The van der Waals surface area contributed by atoms with Gasteiger partial charge in [-0.2, -0.15) is 0 Å². The summed E-state index contributed by atoms with van der Waals surface area (Å²) in [6, 6.07) is 0. The molecule has 0 aromatic carbocycles. The highest BCUT2D eigenvalue weighted by molar-refractivity contribution is 9.08. The highest BCUT2D eigenvalue weighted by Gasteiger charge is 1.66. The second kappa shape index (κ2) is 9.21. The first-order valence-electron chi connectivity index (χ1n) is 1.75. The molecule has 40 valence electrons. The Morgan fingerprint density at radius 2 is 2.17 bits per heavy atom. The van der Waals surface area contributed by atoms with Crippen LogP contribution in [0.3, 0.4) is 0 Å². The van der Waals surface area contributed by atoms with Gasteiger partial charge in [0, 0.05) is 22.7 Å². The quantitative estimate of drug-likeness (QED) is 0.629. The fraction of sp³-hybridized carbons (Fsp3) is 1.00. The largest absolute Gasteiger partial charge is 0.256 e. The fourth-order valence-corrected chi connectivity index (χ4v) is 0.491. The molecule has 0 aliphatic heterocycles. The fourth-order valence-electron chi connectivity index (χ4n) is 0.0945. The zero-order valence-corrected chi connectivity index (χ0v) is 6.10. The lowest BCUT2D eigenvalue weighted by Gasteiger charge is -1.81. The molecule has 3 heteroatoms. The Bertz CT molecular complexity index is 18.3. The third-order valence-corrected chi connectivity index (χ3v) is 0.741. The Morgan fingerprint density at radius 1 is 1.67 bits per heavy atom. The molecule has 0 spiro atoms. The maximum atomic E-state index is 3.06. The second-order valence-corrected chi connectivity index (χ2v) is 1.44. The van der Waals surface area contributed by atoms with Gasteiger partial charge >= 0.3 is 0 Å². The average Bonchev–Trinajstić information content (AvgIpc) is 1.41. The Hall–Kier alpha value is 0.730. The minimum atomic E-state index is 0. The van der Waals surface area contributed by atoms with Crippen molar-refractivity contribution in [3.63, 3.8) is 0 Å². The van der Waals surface area contributed by atoms with Crippen molar-refractivity contribution in [3.05, 3.63) is 0 Å². The van der Waals surface area contributed by atoms with Crippen molar-refractivity contribution in [2.24, 2.45) is 0 Å². The third kappa shape index (κ3) is 8.83. The van der Waals surface area contributed by atoms with Crippen LogP contribution in [0, 0.1) is 0 Å². The molecule has 0 fully saturated rings. The number of rotatable bonds is 2. The van der Waals surface area contributed by atoms with Crippen LogP contribution in [0.25, 0.3) is 0 Å². The lowest BCUT2D eigenvalue weighted by molar-refractivity contribution is 0.888. The maximum absolute atomic E-state index is 3.06. The van der Waals surface area contributed by atoms with E-state index in [0.29, 0.717) is 0 Å². The van der Waals surface area contributed by atoms with E-state index in [1.165, 1.54) is 6.42 Å². The van der Waals surface area contributed by atoms with Crippen molar-refractivity contribution in [2.75, 3.05) is 6.54 Å². The highest BCUT2D eigenvalue weighted by Crippen LogP contribution is 1.70. The van der Waals surface area contributed by atoms with E-state index in [-0.39, 0.29) is 12.4 Å². The van der Waals surface area contributed by atoms with Crippen LogP contribution in [0.1, 0.15) is 13.3 Å². The number of nitrogens with one attached hydrogen (secondary N) is 1. The van der Waals surface area contributed by atoms with E-state index in [9.17, 15) is 0 Å². The van der Waals surface area contributed by atoms with Gasteiger partial charge in [0.25, 0.3) is 0 Å². The normalized spacial score (nSPS) is 7.00. The molecule has 0 aliphatic rings. The summed E-state index contributed by atoms with van der Waals surface area (Å²) in [5.74, 6) is 0. The summed E-state index contributed by atoms with van der Waals surface area (Å²) in [5, 5.41) is 0. The minimum absolute atomic E-state index is 0. The van der Waals surface area contributed by atoms with Gasteiger partial charge in [-0.3, -0.25) is 4.34 Å². The SMILES string of the molecule is CCCNBr.Cl. The predicted octanol–water partition coefficient (Wildman–Crippen LogP) is 1.72. The van der Waals surface area contributed by atoms with Gasteiger partial charge in [-0.25, -0.2) is 0 Å². The van der Waals surface area contributed by atoms with Crippen LogP contribution in [0.15, 0.2) is 0 Å². The first kappa shape index (κ1) is 9.88. The summed E-state index contributed by atoms with van der Waals surface area (Å²) < 4.78 is 2.83. The minimum Gasteiger partial charge on any atom is -0.256 e. The monoisotopic (exact) mass is 173 g/mol. The molecule has 0 saturated heterocycles. The number of halogens is 2. The maximum Gasteiger partial charge on any atom is 0.00875 e. The molecule has 0 bridgehead atoms. The Morgan fingerprint density at radius 3 is 2.17 bits per heavy atom. The summed E-state index contributed by atoms with van der Waals surface area (Å²) >= 11 is 3.06. The molecule has 0 rings (SSSR count). The van der Waals surface area contributed by atoms with E-state index in [2.05, 4.69) is 27.4 Å². The van der Waals surface area contributed by atoms with Gasteiger partial charge in [-0.15, -0.1) is 12.4 Å². The standard InChI is InChI=1S/C3H8BrN.ClH/c1-2-3-5-4;/h5H,2-3H2,1H3;1H. The predicted molar refractivity (Wildman–Crippen MR) is 34.5 cm³/mol. The van der Waals surface area contributed by atoms with Crippen LogP contribution in [-0.4, -0.2) is 6.54 Å². The Labute approximate surface area is 53.2 Å². The van der Waals surface area contributed by atoms with Crippen molar-refractivity contribution < 1.29 is 0 Å². The molecule has 0 radical (unpaired) electrons. The smallest absolute Gasteiger partial charge is 0.00875 e. The second-order valence-electron chi connectivity index (χ2n) is 0.884. The molecule has 0 heterocycles.